The third kappa shape index (κ3) is 5.42. The fourth-order valence-corrected chi connectivity index (χ4v) is 7.02. The lowest BCUT2D eigenvalue weighted by molar-refractivity contribution is -0.126. The number of nitrogens with one attached hydrogen (secondary N) is 1. The lowest BCUT2D eigenvalue weighted by Gasteiger charge is -2.37. The average molecular weight is 476 g/mol. The van der Waals surface area contributed by atoms with Gasteiger partial charge in [-0.2, -0.15) is 4.31 Å². The molecular weight excluding hydrogens is 442 g/mol. The number of sulfonamides is 1. The van der Waals surface area contributed by atoms with E-state index in [1.165, 1.54) is 22.0 Å². The minimum absolute atomic E-state index is 0.0497. The summed E-state index contributed by atoms with van der Waals surface area (Å²) in [6, 6.07) is 13.0. The predicted octanol–water partition coefficient (Wildman–Crippen LogP) is 3.74. The second kappa shape index (κ2) is 10.5. The molecule has 1 N–H and O–H groups in total. The van der Waals surface area contributed by atoms with Crippen molar-refractivity contribution in [3.8, 4) is 0 Å². The third-order valence-corrected chi connectivity index (χ3v) is 9.69. The smallest absolute Gasteiger partial charge is 0.243 e. The van der Waals surface area contributed by atoms with Crippen LogP contribution in [0.25, 0.3) is 0 Å². The molecule has 1 atom stereocenters. The average Bonchev–Trinajstić information content (AvgIpc) is 3.35. The van der Waals surface area contributed by atoms with E-state index in [1.807, 2.05) is 6.07 Å². The van der Waals surface area contributed by atoms with Crippen LogP contribution in [0.1, 0.15) is 43.5 Å². The maximum absolute atomic E-state index is 12.9. The molecule has 2 saturated heterocycles. The highest BCUT2D eigenvalue weighted by Gasteiger charge is 2.33. The number of hydrogen-bond donors (Lipinski definition) is 1. The van der Waals surface area contributed by atoms with Crippen LogP contribution in [0.2, 0.25) is 0 Å². The highest BCUT2D eigenvalue weighted by Crippen LogP contribution is 2.29. The van der Waals surface area contributed by atoms with Crippen molar-refractivity contribution in [1.29, 1.82) is 0 Å². The van der Waals surface area contributed by atoms with Crippen LogP contribution in [-0.2, 0) is 14.8 Å². The molecule has 6 nitrogen and oxygen atoms in total. The van der Waals surface area contributed by atoms with Crippen molar-refractivity contribution in [2.24, 2.45) is 11.8 Å². The lowest BCUT2D eigenvalue weighted by atomic mass is 9.96. The van der Waals surface area contributed by atoms with Crippen LogP contribution < -0.4 is 5.32 Å². The van der Waals surface area contributed by atoms with Crippen molar-refractivity contribution in [1.82, 2.24) is 14.5 Å². The van der Waals surface area contributed by atoms with Gasteiger partial charge in [0.05, 0.1) is 10.9 Å². The molecule has 2 aromatic rings. The Hall–Kier alpha value is -1.74. The zero-order valence-corrected chi connectivity index (χ0v) is 20.3. The first-order chi connectivity index (χ1) is 15.4. The van der Waals surface area contributed by atoms with Crippen molar-refractivity contribution >= 4 is 27.3 Å². The number of piperidine rings is 2. The largest absolute Gasteiger partial charge is 0.354 e. The Bertz CT molecular complexity index is 963. The molecule has 0 radical (unpaired) electrons. The monoisotopic (exact) mass is 475 g/mol. The summed E-state index contributed by atoms with van der Waals surface area (Å²) in [6.45, 7) is 5.81. The van der Waals surface area contributed by atoms with Gasteiger partial charge in [-0.3, -0.25) is 9.69 Å². The number of thiophene rings is 1. The van der Waals surface area contributed by atoms with Gasteiger partial charge in [0.1, 0.15) is 0 Å². The van der Waals surface area contributed by atoms with E-state index >= 15 is 0 Å². The molecule has 3 heterocycles. The van der Waals surface area contributed by atoms with Gasteiger partial charge in [0, 0.05) is 30.4 Å². The van der Waals surface area contributed by atoms with Gasteiger partial charge < -0.3 is 5.32 Å². The van der Waals surface area contributed by atoms with E-state index in [1.54, 1.807) is 35.6 Å². The van der Waals surface area contributed by atoms with Gasteiger partial charge in [-0.15, -0.1) is 11.3 Å². The minimum atomic E-state index is -3.49. The van der Waals surface area contributed by atoms with E-state index in [0.717, 1.165) is 19.0 Å². The standard InChI is InChI=1S/C24H33N3O3S2/c1-19-9-13-26(14-10-19)22(23-8-5-17-31-23)18-25-24(28)20-11-15-27(16-12-20)32(29,30)21-6-3-2-4-7-21/h2-8,17,19-20,22H,9-16,18H2,1H3,(H,25,28). The highest BCUT2D eigenvalue weighted by atomic mass is 32.2. The Morgan fingerprint density at radius 3 is 2.34 bits per heavy atom. The molecule has 174 valence electrons. The van der Waals surface area contributed by atoms with Gasteiger partial charge in [0.15, 0.2) is 0 Å². The van der Waals surface area contributed by atoms with Gasteiger partial charge in [-0.1, -0.05) is 31.2 Å². The van der Waals surface area contributed by atoms with Gasteiger partial charge in [-0.05, 0) is 68.3 Å². The van der Waals surface area contributed by atoms with Gasteiger partial charge in [0.25, 0.3) is 0 Å². The molecule has 8 heteroatoms. The molecule has 1 aromatic carbocycles. The van der Waals surface area contributed by atoms with Crippen LogP contribution in [0, 0.1) is 11.8 Å². The number of carbonyl (C=O) groups is 1. The Morgan fingerprint density at radius 1 is 1.03 bits per heavy atom. The molecule has 0 saturated carbocycles. The normalized spacial score (nSPS) is 20.8. The van der Waals surface area contributed by atoms with Crippen molar-refractivity contribution in [3.05, 3.63) is 52.7 Å². The molecule has 1 aromatic heterocycles. The van der Waals surface area contributed by atoms with Gasteiger partial charge in [-0.25, -0.2) is 8.42 Å². The summed E-state index contributed by atoms with van der Waals surface area (Å²) in [6.07, 6.45) is 3.51. The molecule has 32 heavy (non-hydrogen) atoms. The number of hydrogen-bond acceptors (Lipinski definition) is 5. The molecule has 0 aliphatic carbocycles. The Kier molecular flexibility index (Phi) is 7.66. The van der Waals surface area contributed by atoms with Gasteiger partial charge in [0.2, 0.25) is 15.9 Å². The van der Waals surface area contributed by atoms with E-state index in [-0.39, 0.29) is 17.9 Å². The maximum Gasteiger partial charge on any atom is 0.243 e. The molecule has 0 spiro atoms. The first-order valence-electron chi connectivity index (χ1n) is 11.6. The quantitative estimate of drug-likeness (QED) is 0.662. The summed E-state index contributed by atoms with van der Waals surface area (Å²) < 4.78 is 27.2. The number of amides is 1. The van der Waals surface area contributed by atoms with E-state index in [9.17, 15) is 13.2 Å². The van der Waals surface area contributed by atoms with E-state index in [2.05, 4.69) is 34.7 Å². The first kappa shape index (κ1) is 23.4. The first-order valence-corrected chi connectivity index (χ1v) is 13.9. The maximum atomic E-state index is 12.9. The van der Waals surface area contributed by atoms with Crippen molar-refractivity contribution in [2.75, 3.05) is 32.7 Å². The molecule has 0 bridgehead atoms. The summed E-state index contributed by atoms with van der Waals surface area (Å²) in [5, 5.41) is 5.29. The summed E-state index contributed by atoms with van der Waals surface area (Å²) in [7, 11) is -3.49. The number of likely N-dealkylation sites (tertiary alicyclic amines) is 1. The summed E-state index contributed by atoms with van der Waals surface area (Å²) in [5.41, 5.74) is 0. The molecule has 1 amide bonds. The summed E-state index contributed by atoms with van der Waals surface area (Å²) >= 11 is 1.75. The number of benzene rings is 1. The van der Waals surface area contributed by atoms with Gasteiger partial charge >= 0.3 is 0 Å². The SMILES string of the molecule is CC1CCN(C(CNC(=O)C2CCN(S(=O)(=O)c3ccccc3)CC2)c2cccs2)CC1. The fraction of sp³-hybridized carbons (Fsp3) is 0.542. The summed E-state index contributed by atoms with van der Waals surface area (Å²) in [5.74, 6) is 0.679. The van der Waals surface area contributed by atoms with Crippen LogP contribution in [0.3, 0.4) is 0 Å². The third-order valence-electron chi connectivity index (χ3n) is 6.81. The minimum Gasteiger partial charge on any atom is -0.354 e. The lowest BCUT2D eigenvalue weighted by Crippen LogP contribution is -2.45. The molecular formula is C24H33N3O3S2. The fourth-order valence-electron chi connectivity index (χ4n) is 4.67. The van der Waals surface area contributed by atoms with E-state index in [0.29, 0.717) is 37.4 Å². The predicted molar refractivity (Wildman–Crippen MR) is 128 cm³/mol. The van der Waals surface area contributed by atoms with Crippen LogP contribution in [0.5, 0.6) is 0 Å². The van der Waals surface area contributed by atoms with E-state index in [4.69, 9.17) is 0 Å². The van der Waals surface area contributed by atoms with Crippen LogP contribution >= 0.6 is 11.3 Å². The van der Waals surface area contributed by atoms with Crippen LogP contribution in [-0.4, -0.2) is 56.3 Å². The highest BCUT2D eigenvalue weighted by molar-refractivity contribution is 7.89. The number of nitrogens with zero attached hydrogens (tertiary/aromatic N) is 2. The zero-order valence-electron chi connectivity index (χ0n) is 18.7. The number of rotatable bonds is 7. The molecule has 2 aliphatic rings. The second-order valence-electron chi connectivity index (χ2n) is 8.99. The zero-order chi connectivity index (χ0) is 22.6. The van der Waals surface area contributed by atoms with Crippen molar-refractivity contribution in [2.45, 2.75) is 43.5 Å². The number of carbonyl (C=O) groups excluding carboxylic acids is 1. The Labute approximate surface area is 195 Å². The van der Waals surface area contributed by atoms with E-state index < -0.39 is 10.0 Å². The molecule has 2 fully saturated rings. The van der Waals surface area contributed by atoms with Crippen LogP contribution in [0.15, 0.2) is 52.7 Å². The Balaban J connectivity index is 1.32. The van der Waals surface area contributed by atoms with Crippen molar-refractivity contribution < 1.29 is 13.2 Å². The Morgan fingerprint density at radius 2 is 1.72 bits per heavy atom. The van der Waals surface area contributed by atoms with Crippen LogP contribution in [0.4, 0.5) is 0 Å². The molecule has 4 rings (SSSR count). The van der Waals surface area contributed by atoms with Crippen molar-refractivity contribution in [3.63, 3.8) is 0 Å². The topological polar surface area (TPSA) is 69.7 Å². The molecule has 1 unspecified atom stereocenters. The summed E-state index contributed by atoms with van der Waals surface area (Å²) in [4.78, 5) is 17.1. The second-order valence-corrected chi connectivity index (χ2v) is 11.9. The molecule has 2 aliphatic heterocycles.